The molecule has 0 radical (unpaired) electrons. The van der Waals surface area contributed by atoms with Gasteiger partial charge in [-0.25, -0.2) is 8.78 Å². The van der Waals surface area contributed by atoms with Gasteiger partial charge in [0.05, 0.1) is 0 Å². The van der Waals surface area contributed by atoms with Gasteiger partial charge in [-0.1, -0.05) is 13.0 Å². The Balaban J connectivity index is 1.97. The van der Waals surface area contributed by atoms with Crippen molar-refractivity contribution in [2.75, 3.05) is 24.5 Å². The summed E-state index contributed by atoms with van der Waals surface area (Å²) < 4.78 is 28.6. The molecule has 2 atom stereocenters. The molecular formula is C16H22F2N2. The fourth-order valence-electron chi connectivity index (χ4n) is 3.62. The maximum Gasteiger partial charge on any atom is 0.152 e. The molecule has 0 bridgehead atoms. The Hall–Kier alpha value is -1.16. The molecular weight excluding hydrogens is 258 g/mol. The summed E-state index contributed by atoms with van der Waals surface area (Å²) in [7, 11) is 0. The minimum absolute atomic E-state index is 0.184. The second-order valence-corrected chi connectivity index (χ2v) is 6.03. The Labute approximate surface area is 119 Å². The molecule has 20 heavy (non-hydrogen) atoms. The van der Waals surface area contributed by atoms with Crippen molar-refractivity contribution in [1.29, 1.82) is 0 Å². The number of halogens is 2. The molecule has 0 spiro atoms. The number of piperazine rings is 1. The van der Waals surface area contributed by atoms with Crippen molar-refractivity contribution >= 4 is 5.69 Å². The van der Waals surface area contributed by atoms with Crippen LogP contribution in [0.1, 0.15) is 31.7 Å². The number of benzene rings is 1. The second-order valence-electron chi connectivity index (χ2n) is 6.03. The van der Waals surface area contributed by atoms with Crippen LogP contribution in [-0.4, -0.2) is 36.6 Å². The van der Waals surface area contributed by atoms with Gasteiger partial charge in [-0.2, -0.15) is 0 Å². The van der Waals surface area contributed by atoms with Gasteiger partial charge < -0.3 is 4.90 Å². The van der Waals surface area contributed by atoms with Crippen LogP contribution in [0.25, 0.3) is 0 Å². The lowest BCUT2D eigenvalue weighted by atomic mass is 10.0. The lowest BCUT2D eigenvalue weighted by Gasteiger charge is -2.45. The average molecular weight is 280 g/mol. The van der Waals surface area contributed by atoms with Gasteiger partial charge >= 0.3 is 0 Å². The normalized spacial score (nSPS) is 26.9. The first-order chi connectivity index (χ1) is 9.61. The molecule has 2 saturated heterocycles. The Morgan fingerprint density at radius 2 is 2.05 bits per heavy atom. The van der Waals surface area contributed by atoms with Gasteiger partial charge in [-0.15, -0.1) is 0 Å². The molecule has 0 amide bonds. The summed E-state index contributed by atoms with van der Waals surface area (Å²) in [6.07, 6.45) is 3.26. The fourth-order valence-corrected chi connectivity index (χ4v) is 3.62. The number of aryl methyl sites for hydroxylation is 1. The van der Waals surface area contributed by atoms with Crippen molar-refractivity contribution in [3.8, 4) is 0 Å². The van der Waals surface area contributed by atoms with Crippen LogP contribution < -0.4 is 4.90 Å². The minimum Gasteiger partial charge on any atom is -0.361 e. The predicted molar refractivity (Wildman–Crippen MR) is 77.1 cm³/mol. The van der Waals surface area contributed by atoms with Crippen molar-refractivity contribution < 1.29 is 8.78 Å². The third kappa shape index (κ3) is 2.20. The minimum atomic E-state index is -0.432. The predicted octanol–water partition coefficient (Wildman–Crippen LogP) is 3.34. The zero-order valence-corrected chi connectivity index (χ0v) is 12.2. The van der Waals surface area contributed by atoms with E-state index in [0.717, 1.165) is 32.5 Å². The van der Waals surface area contributed by atoms with Gasteiger partial charge in [0.2, 0.25) is 0 Å². The van der Waals surface area contributed by atoms with Gasteiger partial charge in [0.1, 0.15) is 11.5 Å². The van der Waals surface area contributed by atoms with E-state index in [0.29, 0.717) is 11.6 Å². The van der Waals surface area contributed by atoms with Crippen LogP contribution in [0, 0.1) is 18.6 Å². The van der Waals surface area contributed by atoms with Crippen molar-refractivity contribution in [3.05, 3.63) is 29.3 Å². The summed E-state index contributed by atoms with van der Waals surface area (Å²) in [5, 5.41) is 0. The molecule has 1 aromatic carbocycles. The number of rotatable bonds is 2. The van der Waals surface area contributed by atoms with Gasteiger partial charge in [0.15, 0.2) is 5.82 Å². The summed E-state index contributed by atoms with van der Waals surface area (Å²) >= 11 is 0. The van der Waals surface area contributed by atoms with E-state index in [2.05, 4.69) is 11.8 Å². The molecule has 2 fully saturated rings. The summed E-state index contributed by atoms with van der Waals surface area (Å²) in [4.78, 5) is 4.46. The first kappa shape index (κ1) is 13.8. The third-order valence-corrected chi connectivity index (χ3v) is 4.81. The molecule has 0 aromatic heterocycles. The number of hydrogen-bond donors (Lipinski definition) is 0. The van der Waals surface area contributed by atoms with Crippen molar-refractivity contribution in [2.45, 2.75) is 45.2 Å². The van der Waals surface area contributed by atoms with E-state index in [-0.39, 0.29) is 11.7 Å². The van der Waals surface area contributed by atoms with Crippen LogP contribution in [0.3, 0.4) is 0 Å². The van der Waals surface area contributed by atoms with Crippen LogP contribution >= 0.6 is 0 Å². The van der Waals surface area contributed by atoms with E-state index in [9.17, 15) is 8.78 Å². The molecule has 4 heteroatoms. The molecule has 2 aliphatic rings. The molecule has 0 N–H and O–H groups in total. The summed E-state index contributed by atoms with van der Waals surface area (Å²) in [5.41, 5.74) is 0.702. The number of anilines is 1. The molecule has 2 heterocycles. The van der Waals surface area contributed by atoms with Gasteiger partial charge in [0, 0.05) is 25.2 Å². The van der Waals surface area contributed by atoms with Gasteiger partial charge in [-0.3, -0.25) is 4.90 Å². The van der Waals surface area contributed by atoms with E-state index < -0.39 is 11.6 Å². The molecule has 3 rings (SSSR count). The standard InChI is InChI=1S/C16H22F2N2/c1-3-12-9-19-8-4-5-13(19)10-20(12)16-14(17)7-6-11(2)15(16)18/h6-7,12-13H,3-5,8-10H2,1-2H3. The van der Waals surface area contributed by atoms with E-state index in [4.69, 9.17) is 0 Å². The van der Waals surface area contributed by atoms with E-state index >= 15 is 0 Å². The molecule has 0 aliphatic carbocycles. The van der Waals surface area contributed by atoms with E-state index in [1.807, 2.05) is 4.90 Å². The molecule has 2 unspecified atom stereocenters. The highest BCUT2D eigenvalue weighted by molar-refractivity contribution is 5.53. The fraction of sp³-hybridized carbons (Fsp3) is 0.625. The average Bonchev–Trinajstić information content (AvgIpc) is 2.89. The summed E-state index contributed by atoms with van der Waals surface area (Å²) in [5.74, 6) is -0.826. The lowest BCUT2D eigenvalue weighted by molar-refractivity contribution is 0.193. The molecule has 1 aromatic rings. The zero-order valence-electron chi connectivity index (χ0n) is 12.2. The van der Waals surface area contributed by atoms with Crippen LogP contribution in [0.4, 0.5) is 14.5 Å². The topological polar surface area (TPSA) is 6.48 Å². The number of nitrogens with zero attached hydrogens (tertiary/aromatic N) is 2. The monoisotopic (exact) mass is 280 g/mol. The lowest BCUT2D eigenvalue weighted by Crippen LogP contribution is -2.56. The van der Waals surface area contributed by atoms with Gasteiger partial charge in [-0.05, 0) is 44.4 Å². The maximum atomic E-state index is 14.4. The molecule has 0 saturated carbocycles. The maximum absolute atomic E-state index is 14.4. The Morgan fingerprint density at radius 1 is 1.25 bits per heavy atom. The van der Waals surface area contributed by atoms with Crippen LogP contribution in [-0.2, 0) is 0 Å². The molecule has 2 aliphatic heterocycles. The SMILES string of the molecule is CCC1CN2CCCC2CN1c1c(F)ccc(C)c1F. The first-order valence-corrected chi connectivity index (χ1v) is 7.57. The Kier molecular flexibility index (Phi) is 3.67. The van der Waals surface area contributed by atoms with Crippen LogP contribution in [0.15, 0.2) is 12.1 Å². The zero-order chi connectivity index (χ0) is 14.3. The van der Waals surface area contributed by atoms with Crippen molar-refractivity contribution in [2.24, 2.45) is 0 Å². The smallest absolute Gasteiger partial charge is 0.152 e. The quantitative estimate of drug-likeness (QED) is 0.820. The summed E-state index contributed by atoms with van der Waals surface area (Å²) in [6.45, 7) is 6.60. The Morgan fingerprint density at radius 3 is 2.80 bits per heavy atom. The molecule has 110 valence electrons. The number of hydrogen-bond acceptors (Lipinski definition) is 2. The highest BCUT2D eigenvalue weighted by atomic mass is 19.1. The highest BCUT2D eigenvalue weighted by Gasteiger charge is 2.37. The van der Waals surface area contributed by atoms with Crippen molar-refractivity contribution in [1.82, 2.24) is 4.90 Å². The van der Waals surface area contributed by atoms with E-state index in [1.165, 1.54) is 18.6 Å². The largest absolute Gasteiger partial charge is 0.361 e. The third-order valence-electron chi connectivity index (χ3n) is 4.81. The number of fused-ring (bicyclic) bond motifs is 1. The second kappa shape index (κ2) is 5.32. The Bertz CT molecular complexity index is 503. The van der Waals surface area contributed by atoms with Crippen LogP contribution in [0.2, 0.25) is 0 Å². The van der Waals surface area contributed by atoms with Gasteiger partial charge in [0.25, 0.3) is 0 Å². The van der Waals surface area contributed by atoms with Crippen LogP contribution in [0.5, 0.6) is 0 Å². The molecule has 2 nitrogen and oxygen atoms in total. The van der Waals surface area contributed by atoms with Crippen molar-refractivity contribution in [3.63, 3.8) is 0 Å². The first-order valence-electron chi connectivity index (χ1n) is 7.57. The summed E-state index contributed by atoms with van der Waals surface area (Å²) in [6, 6.07) is 3.56. The van der Waals surface area contributed by atoms with E-state index in [1.54, 1.807) is 6.92 Å². The highest BCUT2D eigenvalue weighted by Crippen LogP contribution is 2.33.